The van der Waals surface area contributed by atoms with Crippen LogP contribution in [0.5, 0.6) is 0 Å². The van der Waals surface area contributed by atoms with Crippen molar-refractivity contribution in [3.63, 3.8) is 0 Å². The van der Waals surface area contributed by atoms with Crippen LogP contribution in [0.3, 0.4) is 0 Å². The summed E-state index contributed by atoms with van der Waals surface area (Å²) in [6, 6.07) is 9.14. The summed E-state index contributed by atoms with van der Waals surface area (Å²) in [6.45, 7) is 2.24. The Morgan fingerprint density at radius 2 is 2.23 bits per heavy atom. The molecule has 1 aromatic carbocycles. The first-order valence-electron chi connectivity index (χ1n) is 4.56. The van der Waals surface area contributed by atoms with Crippen LogP contribution in [0.2, 0.25) is 0 Å². The molecular formula is C10H12ClNSi. The SMILES string of the molecule is CC1CCc2ccccc2N1[Si]Cl. The smallest absolute Gasteiger partial charge is 0.311 e. The van der Waals surface area contributed by atoms with Gasteiger partial charge in [-0.15, -0.1) is 11.1 Å². The van der Waals surface area contributed by atoms with E-state index in [4.69, 9.17) is 11.1 Å². The molecule has 0 amide bonds. The van der Waals surface area contributed by atoms with Crippen LogP contribution in [-0.2, 0) is 6.42 Å². The molecule has 0 bridgehead atoms. The van der Waals surface area contributed by atoms with Crippen LogP contribution in [0, 0.1) is 0 Å². The van der Waals surface area contributed by atoms with Gasteiger partial charge in [0.25, 0.3) is 0 Å². The van der Waals surface area contributed by atoms with Crippen molar-refractivity contribution in [2.24, 2.45) is 0 Å². The van der Waals surface area contributed by atoms with Crippen molar-refractivity contribution in [1.82, 2.24) is 0 Å². The average molecular weight is 210 g/mol. The number of rotatable bonds is 1. The van der Waals surface area contributed by atoms with E-state index in [0.717, 1.165) is 0 Å². The summed E-state index contributed by atoms with van der Waals surface area (Å²) in [5.41, 5.74) is 2.77. The zero-order valence-electron chi connectivity index (χ0n) is 7.63. The van der Waals surface area contributed by atoms with Crippen LogP contribution in [0.4, 0.5) is 5.69 Å². The summed E-state index contributed by atoms with van der Waals surface area (Å²) >= 11 is 5.96. The highest BCUT2D eigenvalue weighted by Gasteiger charge is 2.21. The zero-order valence-corrected chi connectivity index (χ0v) is 9.38. The minimum atomic E-state index is 0.360. The number of halogens is 1. The van der Waals surface area contributed by atoms with Crippen molar-refractivity contribution in [2.45, 2.75) is 25.8 Å². The Morgan fingerprint density at radius 3 is 3.00 bits per heavy atom. The molecule has 2 radical (unpaired) electrons. The van der Waals surface area contributed by atoms with Crippen molar-refractivity contribution in [2.75, 3.05) is 4.57 Å². The van der Waals surface area contributed by atoms with Gasteiger partial charge in [-0.3, -0.25) is 0 Å². The summed E-state index contributed by atoms with van der Waals surface area (Å²) in [5.74, 6) is 0. The normalized spacial score (nSPS) is 21.4. The van der Waals surface area contributed by atoms with E-state index in [1.165, 1.54) is 24.1 Å². The third-order valence-corrected chi connectivity index (χ3v) is 4.02. The summed E-state index contributed by atoms with van der Waals surface area (Å²) < 4.78 is 2.29. The van der Waals surface area contributed by atoms with Gasteiger partial charge in [0.15, 0.2) is 0 Å². The number of benzene rings is 1. The predicted molar refractivity (Wildman–Crippen MR) is 58.3 cm³/mol. The van der Waals surface area contributed by atoms with E-state index in [-0.39, 0.29) is 0 Å². The van der Waals surface area contributed by atoms with E-state index < -0.39 is 0 Å². The molecule has 0 aromatic heterocycles. The molecule has 13 heavy (non-hydrogen) atoms. The molecule has 2 rings (SSSR count). The first-order chi connectivity index (χ1) is 6.33. The van der Waals surface area contributed by atoms with Crippen molar-refractivity contribution >= 4 is 25.8 Å². The Kier molecular flexibility index (Phi) is 2.60. The van der Waals surface area contributed by atoms with Gasteiger partial charge in [-0.05, 0) is 31.4 Å². The number of fused-ring (bicyclic) bond motifs is 1. The number of para-hydroxylation sites is 1. The Hall–Kier alpha value is -0.473. The van der Waals surface area contributed by atoms with Crippen LogP contribution in [0.25, 0.3) is 0 Å². The molecule has 0 fully saturated rings. The van der Waals surface area contributed by atoms with Gasteiger partial charge in [-0.2, -0.15) is 0 Å². The maximum absolute atomic E-state index is 5.96. The molecule has 1 aliphatic rings. The van der Waals surface area contributed by atoms with Crippen LogP contribution in [0.15, 0.2) is 24.3 Å². The summed E-state index contributed by atoms with van der Waals surface area (Å²) in [6.07, 6.45) is 2.41. The minimum Gasteiger partial charge on any atom is -0.383 e. The molecule has 0 aliphatic carbocycles. The predicted octanol–water partition coefficient (Wildman–Crippen LogP) is 2.60. The highest BCUT2D eigenvalue weighted by atomic mass is 35.6. The largest absolute Gasteiger partial charge is 0.383 e. The fraction of sp³-hybridized carbons (Fsp3) is 0.400. The quantitative estimate of drug-likeness (QED) is 0.508. The van der Waals surface area contributed by atoms with Crippen molar-refractivity contribution in [3.05, 3.63) is 29.8 Å². The van der Waals surface area contributed by atoms with Gasteiger partial charge in [0.05, 0.1) is 0 Å². The number of hydrogen-bond acceptors (Lipinski definition) is 1. The number of anilines is 1. The Balaban J connectivity index is 2.39. The first kappa shape index (κ1) is 9.10. The van der Waals surface area contributed by atoms with Crippen LogP contribution < -0.4 is 4.57 Å². The van der Waals surface area contributed by atoms with Crippen molar-refractivity contribution in [3.8, 4) is 0 Å². The van der Waals surface area contributed by atoms with Crippen LogP contribution >= 0.6 is 11.1 Å². The lowest BCUT2D eigenvalue weighted by Gasteiger charge is -2.35. The highest BCUT2D eigenvalue weighted by Crippen LogP contribution is 2.29. The van der Waals surface area contributed by atoms with Gasteiger partial charge in [0, 0.05) is 11.7 Å². The molecule has 0 spiro atoms. The van der Waals surface area contributed by atoms with Gasteiger partial charge in [0.1, 0.15) is 0 Å². The van der Waals surface area contributed by atoms with Gasteiger partial charge in [-0.1, -0.05) is 18.2 Å². The fourth-order valence-corrected chi connectivity index (χ4v) is 3.19. The second-order valence-electron chi connectivity index (χ2n) is 3.47. The molecule has 3 heteroatoms. The lowest BCUT2D eigenvalue weighted by molar-refractivity contribution is 0.638. The number of hydrogen-bond donors (Lipinski definition) is 0. The van der Waals surface area contributed by atoms with E-state index in [9.17, 15) is 0 Å². The topological polar surface area (TPSA) is 3.24 Å². The standard InChI is InChI=1S/C10H12ClNSi/c1-8-6-7-9-4-2-3-5-10(9)12(8)13-11/h2-5,8H,6-7H2,1H3. The van der Waals surface area contributed by atoms with Crippen LogP contribution in [-0.4, -0.2) is 15.0 Å². The molecular weight excluding hydrogens is 198 g/mol. The molecule has 1 aliphatic heterocycles. The molecule has 0 saturated carbocycles. The zero-order chi connectivity index (χ0) is 9.26. The molecule has 1 aromatic rings. The van der Waals surface area contributed by atoms with Gasteiger partial charge >= 0.3 is 8.99 Å². The maximum Gasteiger partial charge on any atom is 0.311 e. The molecule has 68 valence electrons. The second kappa shape index (κ2) is 3.72. The van der Waals surface area contributed by atoms with Gasteiger partial charge in [0.2, 0.25) is 0 Å². The third kappa shape index (κ3) is 1.61. The van der Waals surface area contributed by atoms with Gasteiger partial charge < -0.3 is 4.57 Å². The van der Waals surface area contributed by atoms with E-state index in [1.807, 2.05) is 0 Å². The first-order valence-corrected chi connectivity index (χ1v) is 6.52. The molecule has 1 heterocycles. The molecule has 0 saturated heterocycles. The van der Waals surface area contributed by atoms with Crippen LogP contribution in [0.1, 0.15) is 18.9 Å². The summed E-state index contributed by atoms with van der Waals surface area (Å²) in [5, 5.41) is 0. The number of nitrogens with zero attached hydrogens (tertiary/aromatic N) is 1. The van der Waals surface area contributed by atoms with E-state index in [2.05, 4.69) is 35.8 Å². The number of aryl methyl sites for hydroxylation is 1. The molecule has 1 nitrogen and oxygen atoms in total. The Morgan fingerprint density at radius 1 is 1.46 bits per heavy atom. The monoisotopic (exact) mass is 209 g/mol. The molecule has 0 N–H and O–H groups in total. The van der Waals surface area contributed by atoms with E-state index >= 15 is 0 Å². The molecule has 1 unspecified atom stereocenters. The Labute approximate surface area is 86.3 Å². The summed E-state index contributed by atoms with van der Waals surface area (Å²) in [4.78, 5) is 0. The third-order valence-electron chi connectivity index (χ3n) is 2.61. The van der Waals surface area contributed by atoms with Gasteiger partial charge in [-0.25, -0.2) is 0 Å². The van der Waals surface area contributed by atoms with E-state index in [1.54, 1.807) is 0 Å². The summed E-state index contributed by atoms with van der Waals surface area (Å²) in [7, 11) is 0.360. The second-order valence-corrected chi connectivity index (χ2v) is 4.63. The Bertz CT molecular complexity index is 303. The lowest BCUT2D eigenvalue weighted by atomic mass is 9.99. The van der Waals surface area contributed by atoms with E-state index in [0.29, 0.717) is 15.0 Å². The van der Waals surface area contributed by atoms with Crippen molar-refractivity contribution in [1.29, 1.82) is 0 Å². The highest BCUT2D eigenvalue weighted by molar-refractivity contribution is 6.95. The average Bonchev–Trinajstić information content (AvgIpc) is 2.18. The van der Waals surface area contributed by atoms with Crippen molar-refractivity contribution < 1.29 is 0 Å². The maximum atomic E-state index is 5.96. The fourth-order valence-electron chi connectivity index (χ4n) is 1.82. The lowest BCUT2D eigenvalue weighted by Crippen LogP contribution is -2.38. The minimum absolute atomic E-state index is 0.360. The molecule has 1 atom stereocenters.